The van der Waals surface area contributed by atoms with Crippen LogP contribution in [0.5, 0.6) is 5.75 Å². The van der Waals surface area contributed by atoms with Crippen LogP contribution in [0.3, 0.4) is 0 Å². The monoisotopic (exact) mass is 611 g/mol. The Bertz CT molecular complexity index is 1740. The minimum absolute atomic E-state index is 0.374. The molecule has 0 saturated heterocycles. The van der Waals surface area contributed by atoms with Gasteiger partial charge in [-0.3, -0.25) is 9.78 Å². The van der Waals surface area contributed by atoms with Crippen LogP contribution in [0.25, 0.3) is 22.0 Å². The molecule has 0 fully saturated rings. The van der Waals surface area contributed by atoms with Gasteiger partial charge in [-0.15, -0.1) is 11.8 Å². The van der Waals surface area contributed by atoms with E-state index >= 15 is 0 Å². The zero-order chi connectivity index (χ0) is 29.9. The molecule has 0 spiro atoms. The molecule has 43 heavy (non-hydrogen) atoms. The van der Waals surface area contributed by atoms with Crippen LogP contribution in [0.15, 0.2) is 90.0 Å². The zero-order valence-corrected chi connectivity index (χ0v) is 25.8. The highest BCUT2D eigenvalue weighted by Gasteiger charge is 2.29. The molecule has 8 heteroatoms. The Morgan fingerprint density at radius 3 is 2.58 bits per heavy atom. The molecular formula is C35H34ClN3O3S. The number of halogens is 1. The van der Waals surface area contributed by atoms with E-state index in [-0.39, 0.29) is 0 Å². The number of primary amides is 1. The van der Waals surface area contributed by atoms with Crippen molar-refractivity contribution < 1.29 is 14.3 Å². The lowest BCUT2D eigenvalue weighted by Gasteiger charge is -2.22. The molecule has 2 N–H and O–H groups in total. The number of amides is 1. The summed E-state index contributed by atoms with van der Waals surface area (Å²) in [7, 11) is 0. The predicted molar refractivity (Wildman–Crippen MR) is 174 cm³/mol. The molecule has 5 aromatic rings. The SMILES string of the molecule is CC1Cc2c(OCc3ccc(-c4ccccc4)cn3)ccc3c2c(c(CCOC(C)C(N)=O)n3Cc2ccc(Cl)cc2)S1. The minimum atomic E-state index is -0.636. The molecule has 2 aromatic heterocycles. The van der Waals surface area contributed by atoms with Gasteiger partial charge < -0.3 is 19.8 Å². The quantitative estimate of drug-likeness (QED) is 0.168. The maximum Gasteiger partial charge on any atom is 0.246 e. The summed E-state index contributed by atoms with van der Waals surface area (Å²) < 4.78 is 14.6. The van der Waals surface area contributed by atoms with Gasteiger partial charge in [-0.1, -0.05) is 67.1 Å². The average Bonchev–Trinajstić information content (AvgIpc) is 3.30. The molecule has 0 saturated carbocycles. The van der Waals surface area contributed by atoms with Crippen molar-refractivity contribution >= 4 is 40.2 Å². The van der Waals surface area contributed by atoms with Crippen LogP contribution < -0.4 is 10.5 Å². The number of nitrogens with two attached hydrogens (primary N) is 1. The number of aromatic nitrogens is 2. The third-order valence-electron chi connectivity index (χ3n) is 7.83. The first kappa shape index (κ1) is 29.3. The van der Waals surface area contributed by atoms with Gasteiger partial charge >= 0.3 is 0 Å². The summed E-state index contributed by atoms with van der Waals surface area (Å²) in [4.78, 5) is 17.5. The largest absolute Gasteiger partial charge is 0.487 e. The summed E-state index contributed by atoms with van der Waals surface area (Å²) in [5.41, 5.74) is 13.3. The van der Waals surface area contributed by atoms with Gasteiger partial charge in [-0.05, 0) is 54.8 Å². The van der Waals surface area contributed by atoms with Gasteiger partial charge in [0.1, 0.15) is 18.5 Å². The van der Waals surface area contributed by atoms with Crippen LogP contribution in [-0.4, -0.2) is 33.4 Å². The maximum absolute atomic E-state index is 11.6. The molecule has 0 aliphatic carbocycles. The van der Waals surface area contributed by atoms with E-state index < -0.39 is 12.0 Å². The van der Waals surface area contributed by atoms with Gasteiger partial charge in [-0.25, -0.2) is 0 Å². The van der Waals surface area contributed by atoms with Crippen LogP contribution in [0.4, 0.5) is 0 Å². The minimum Gasteiger partial charge on any atom is -0.487 e. The number of carbonyl (C=O) groups excluding carboxylic acids is 1. The summed E-state index contributed by atoms with van der Waals surface area (Å²) >= 11 is 8.08. The zero-order valence-electron chi connectivity index (χ0n) is 24.3. The topological polar surface area (TPSA) is 79.4 Å². The Morgan fingerprint density at radius 1 is 1.07 bits per heavy atom. The number of pyridine rings is 1. The van der Waals surface area contributed by atoms with E-state index in [0.29, 0.717) is 36.5 Å². The summed E-state index contributed by atoms with van der Waals surface area (Å²) in [6.07, 6.45) is 2.83. The van der Waals surface area contributed by atoms with E-state index in [1.807, 2.05) is 54.4 Å². The van der Waals surface area contributed by atoms with E-state index in [2.05, 4.69) is 58.9 Å². The summed E-state index contributed by atoms with van der Waals surface area (Å²) in [6.45, 7) is 5.43. The Hall–Kier alpha value is -3.78. The van der Waals surface area contributed by atoms with Crippen molar-refractivity contribution in [2.24, 2.45) is 5.73 Å². The van der Waals surface area contributed by atoms with E-state index in [9.17, 15) is 4.79 Å². The van der Waals surface area contributed by atoms with Crippen molar-refractivity contribution in [3.8, 4) is 16.9 Å². The second-order valence-corrected chi connectivity index (χ2v) is 12.8. The lowest BCUT2D eigenvalue weighted by Crippen LogP contribution is -2.29. The fraction of sp³-hybridized carbons (Fsp3) is 0.257. The van der Waals surface area contributed by atoms with E-state index in [0.717, 1.165) is 40.1 Å². The molecule has 220 valence electrons. The summed E-state index contributed by atoms with van der Waals surface area (Å²) in [5.74, 6) is 0.433. The van der Waals surface area contributed by atoms with Crippen molar-refractivity contribution in [1.29, 1.82) is 0 Å². The predicted octanol–water partition coefficient (Wildman–Crippen LogP) is 7.45. The fourth-order valence-corrected chi connectivity index (χ4v) is 7.05. The molecule has 2 atom stereocenters. The van der Waals surface area contributed by atoms with Crippen LogP contribution in [0.2, 0.25) is 5.02 Å². The molecule has 3 heterocycles. The summed E-state index contributed by atoms with van der Waals surface area (Å²) in [6, 6.07) is 26.6. The number of thioether (sulfide) groups is 1. The van der Waals surface area contributed by atoms with Gasteiger partial charge in [0.05, 0.1) is 17.8 Å². The number of hydrogen-bond acceptors (Lipinski definition) is 5. The molecule has 1 amide bonds. The van der Waals surface area contributed by atoms with Crippen molar-refractivity contribution in [2.45, 2.75) is 56.1 Å². The lowest BCUT2D eigenvalue weighted by atomic mass is 10.0. The number of ether oxygens (including phenoxy) is 2. The van der Waals surface area contributed by atoms with Crippen molar-refractivity contribution in [2.75, 3.05) is 6.61 Å². The Kier molecular flexibility index (Phi) is 8.75. The third-order valence-corrected chi connectivity index (χ3v) is 9.33. The standard InChI is InChI=1S/C35H34ClN3O3S/c1-22-18-29-32(42-21-28-13-10-26(19-38-28)25-6-4-3-5-7-25)15-14-30-33(29)34(43-22)31(16-17-41-23(2)35(37)40)39(30)20-24-8-11-27(36)12-9-24/h3-15,19,22-23H,16-18,20-21H2,1-2H3,(H2,37,40). The fourth-order valence-electron chi connectivity index (χ4n) is 5.58. The van der Waals surface area contributed by atoms with Crippen LogP contribution >= 0.6 is 23.4 Å². The first-order chi connectivity index (χ1) is 20.9. The molecule has 1 aliphatic rings. The second-order valence-electron chi connectivity index (χ2n) is 10.9. The molecule has 6 nitrogen and oxygen atoms in total. The van der Waals surface area contributed by atoms with Gasteiger partial charge in [0, 0.05) is 56.5 Å². The normalized spacial score (nSPS) is 15.0. The molecular weight excluding hydrogens is 578 g/mol. The second kappa shape index (κ2) is 12.8. The Labute approximate surface area is 261 Å². The highest BCUT2D eigenvalue weighted by atomic mass is 35.5. The summed E-state index contributed by atoms with van der Waals surface area (Å²) in [5, 5.41) is 2.32. The molecule has 3 aromatic carbocycles. The molecule has 0 radical (unpaired) electrons. The van der Waals surface area contributed by atoms with Crippen LogP contribution in [0, 0.1) is 0 Å². The van der Waals surface area contributed by atoms with Gasteiger partial charge in [0.15, 0.2) is 0 Å². The van der Waals surface area contributed by atoms with Gasteiger partial charge in [-0.2, -0.15) is 0 Å². The van der Waals surface area contributed by atoms with Crippen molar-refractivity contribution in [1.82, 2.24) is 9.55 Å². The van der Waals surface area contributed by atoms with Crippen molar-refractivity contribution in [3.63, 3.8) is 0 Å². The molecule has 1 aliphatic heterocycles. The lowest BCUT2D eigenvalue weighted by molar-refractivity contribution is -0.128. The smallest absolute Gasteiger partial charge is 0.246 e. The highest BCUT2D eigenvalue weighted by Crippen LogP contribution is 2.47. The Balaban J connectivity index is 1.32. The van der Waals surface area contributed by atoms with Crippen molar-refractivity contribution in [3.05, 3.63) is 113 Å². The highest BCUT2D eigenvalue weighted by molar-refractivity contribution is 8.00. The molecule has 2 unspecified atom stereocenters. The number of benzene rings is 3. The number of carbonyl (C=O) groups is 1. The van der Waals surface area contributed by atoms with E-state index in [1.165, 1.54) is 21.5 Å². The Morgan fingerprint density at radius 2 is 1.86 bits per heavy atom. The third kappa shape index (κ3) is 6.44. The molecule has 6 rings (SSSR count). The number of rotatable bonds is 11. The van der Waals surface area contributed by atoms with E-state index in [1.54, 1.807) is 6.92 Å². The number of nitrogens with zero attached hydrogens (tertiary/aromatic N) is 2. The number of hydrogen-bond donors (Lipinski definition) is 1. The van der Waals surface area contributed by atoms with Crippen LogP contribution in [0.1, 0.15) is 36.4 Å². The maximum atomic E-state index is 11.6. The first-order valence-corrected chi connectivity index (χ1v) is 15.7. The van der Waals surface area contributed by atoms with Gasteiger partial charge in [0.25, 0.3) is 0 Å². The first-order valence-electron chi connectivity index (χ1n) is 14.5. The molecule has 0 bridgehead atoms. The van der Waals surface area contributed by atoms with Crippen LogP contribution in [-0.2, 0) is 35.5 Å². The van der Waals surface area contributed by atoms with Gasteiger partial charge in [0.2, 0.25) is 5.91 Å². The average molecular weight is 612 g/mol. The van der Waals surface area contributed by atoms with E-state index in [4.69, 9.17) is 26.8 Å².